The van der Waals surface area contributed by atoms with Crippen LogP contribution in [0.25, 0.3) is 33.4 Å². The Balaban J connectivity index is 0.000000290. The van der Waals surface area contributed by atoms with Crippen molar-refractivity contribution in [2.24, 2.45) is 0 Å². The Kier molecular flexibility index (Phi) is 16.2. The van der Waals surface area contributed by atoms with Gasteiger partial charge >= 0.3 is 29.6 Å². The molecule has 2 atom stereocenters. The van der Waals surface area contributed by atoms with Crippen LogP contribution < -0.4 is 40.2 Å². The number of hydrogen-bond donors (Lipinski definition) is 5. The molecule has 0 spiro atoms. The maximum atomic E-state index is 12.9. The molecular formula is C45H51Cl2N2NaO6. The molecule has 0 saturated carbocycles. The summed E-state index contributed by atoms with van der Waals surface area (Å²) in [6.45, 7) is 14.0. The van der Waals surface area contributed by atoms with Crippen LogP contribution in [0.5, 0.6) is 0 Å². The summed E-state index contributed by atoms with van der Waals surface area (Å²) >= 11 is 12.0. The minimum atomic E-state index is -0.857. The molecule has 0 radical (unpaired) electrons. The Hall–Kier alpha value is -3.44. The van der Waals surface area contributed by atoms with E-state index in [2.05, 4.69) is 29.7 Å². The molecule has 2 amide bonds. The number of benzene rings is 4. The quantitative estimate of drug-likeness (QED) is 0.117. The van der Waals surface area contributed by atoms with Crippen molar-refractivity contribution in [2.75, 3.05) is 13.2 Å². The number of aliphatic hydroxyl groups is 3. The molecule has 2 unspecified atom stereocenters. The molecule has 292 valence electrons. The number of carbonyl (C=O) groups is 2. The van der Waals surface area contributed by atoms with Crippen molar-refractivity contribution in [1.29, 1.82) is 0 Å². The molecule has 0 aliphatic carbocycles. The molecule has 2 heterocycles. The molecule has 2 aliphatic heterocycles. The summed E-state index contributed by atoms with van der Waals surface area (Å²) in [4.78, 5) is 25.7. The van der Waals surface area contributed by atoms with Gasteiger partial charge in [0, 0.05) is 28.8 Å². The van der Waals surface area contributed by atoms with E-state index in [0.29, 0.717) is 34.9 Å². The molecule has 56 heavy (non-hydrogen) atoms. The summed E-state index contributed by atoms with van der Waals surface area (Å²) in [5.41, 5.74) is 10.8. The van der Waals surface area contributed by atoms with Gasteiger partial charge < -0.3 is 31.4 Å². The van der Waals surface area contributed by atoms with E-state index in [9.17, 15) is 19.8 Å². The van der Waals surface area contributed by atoms with Gasteiger partial charge in [-0.25, -0.2) is 0 Å². The van der Waals surface area contributed by atoms with Crippen LogP contribution in [-0.2, 0) is 9.59 Å². The van der Waals surface area contributed by atoms with Crippen molar-refractivity contribution < 1.29 is 59.9 Å². The van der Waals surface area contributed by atoms with Crippen LogP contribution in [0, 0.1) is 27.7 Å². The largest absolute Gasteiger partial charge is 1.00 e. The number of carbonyl (C=O) groups excluding carboxylic acids is 2. The molecule has 2 aliphatic rings. The third kappa shape index (κ3) is 9.46. The fraction of sp³-hybridized carbons (Fsp3) is 0.333. The molecule has 0 saturated heterocycles. The van der Waals surface area contributed by atoms with E-state index in [1.165, 1.54) is 0 Å². The molecular weight excluding hydrogens is 758 g/mol. The van der Waals surface area contributed by atoms with Gasteiger partial charge in [-0.05, 0) is 160 Å². The van der Waals surface area contributed by atoms with E-state index >= 15 is 0 Å². The number of rotatable bonds is 10. The standard InChI is InChI=1S/C23H26ClNO2.C22H24ClNO3.Na.H2O/c1-14-6-11-19(17-7-9-18(24)10-8-17)15(2)20(14)21-16(3)23(4,12-5-13-26)25-22(21)27;1-13-5-10-17(15-6-8-16(23)9-7-15)14(2)18(13)19-20(26)22(3,11-4-12-25)24-21(19)27;;/h6-11,26H,5,12-13H2,1-4H3,(H,25,27);5-10,25-26H,4,11-12H2,1-3H3,(H,24,27);;1H2/q;;+1;/p-1. The van der Waals surface area contributed by atoms with E-state index < -0.39 is 11.1 Å². The number of aliphatic hydroxyl groups excluding tert-OH is 3. The number of halogens is 2. The fourth-order valence-electron chi connectivity index (χ4n) is 7.79. The van der Waals surface area contributed by atoms with Crippen molar-refractivity contribution in [2.45, 2.75) is 85.2 Å². The van der Waals surface area contributed by atoms with Crippen LogP contribution >= 0.6 is 23.2 Å². The van der Waals surface area contributed by atoms with E-state index in [1.807, 2.05) is 95.3 Å². The normalized spacial score (nSPS) is 18.8. The third-order valence-electron chi connectivity index (χ3n) is 11.0. The van der Waals surface area contributed by atoms with Gasteiger partial charge in [-0.15, -0.1) is 0 Å². The first-order chi connectivity index (χ1) is 25.6. The van der Waals surface area contributed by atoms with Crippen molar-refractivity contribution in [3.05, 3.63) is 128 Å². The Morgan fingerprint density at radius 2 is 0.964 bits per heavy atom. The van der Waals surface area contributed by atoms with E-state index in [4.69, 9.17) is 28.3 Å². The van der Waals surface area contributed by atoms with Crippen LogP contribution in [0.2, 0.25) is 10.0 Å². The number of nitrogens with one attached hydrogen (secondary N) is 2. The van der Waals surface area contributed by atoms with Crippen molar-refractivity contribution in [1.82, 2.24) is 10.6 Å². The fourth-order valence-corrected chi connectivity index (χ4v) is 8.04. The summed E-state index contributed by atoms with van der Waals surface area (Å²) in [7, 11) is 0. The Labute approximate surface area is 362 Å². The summed E-state index contributed by atoms with van der Waals surface area (Å²) in [5, 5.41) is 36.6. The van der Waals surface area contributed by atoms with Gasteiger partial charge in [0.25, 0.3) is 11.8 Å². The average Bonchev–Trinajstić information content (AvgIpc) is 3.49. The zero-order valence-corrected chi connectivity index (χ0v) is 37.0. The second-order valence-corrected chi connectivity index (χ2v) is 15.7. The zero-order chi connectivity index (χ0) is 39.5. The smallest absolute Gasteiger partial charge is 0.870 e. The molecule has 0 fully saturated rings. The number of hydrogen-bond acceptors (Lipinski definition) is 6. The van der Waals surface area contributed by atoms with E-state index in [1.54, 1.807) is 6.92 Å². The first-order valence-corrected chi connectivity index (χ1v) is 19.1. The van der Waals surface area contributed by atoms with Crippen molar-refractivity contribution >= 4 is 46.2 Å². The molecule has 0 bridgehead atoms. The van der Waals surface area contributed by atoms with Crippen molar-refractivity contribution in [3.63, 3.8) is 0 Å². The minimum absolute atomic E-state index is 0. The average molecular weight is 810 g/mol. The predicted molar refractivity (Wildman–Crippen MR) is 223 cm³/mol. The van der Waals surface area contributed by atoms with Crippen LogP contribution in [0.3, 0.4) is 0 Å². The van der Waals surface area contributed by atoms with E-state index in [-0.39, 0.29) is 65.8 Å². The van der Waals surface area contributed by atoms with E-state index in [0.717, 1.165) is 73.2 Å². The summed E-state index contributed by atoms with van der Waals surface area (Å²) in [6, 6.07) is 23.5. The molecule has 4 aromatic carbocycles. The van der Waals surface area contributed by atoms with Gasteiger partial charge in [0.2, 0.25) is 0 Å². The summed E-state index contributed by atoms with van der Waals surface area (Å²) in [5.74, 6) is -0.278. The summed E-state index contributed by atoms with van der Waals surface area (Å²) < 4.78 is 0. The molecule has 11 heteroatoms. The molecule has 6 N–H and O–H groups in total. The van der Waals surface area contributed by atoms with Crippen LogP contribution in [0.15, 0.2) is 84.1 Å². The first-order valence-electron chi connectivity index (χ1n) is 18.3. The zero-order valence-electron chi connectivity index (χ0n) is 33.5. The van der Waals surface area contributed by atoms with Crippen molar-refractivity contribution in [3.8, 4) is 22.3 Å². The predicted octanol–water partition coefficient (Wildman–Crippen LogP) is 6.44. The molecule has 8 nitrogen and oxygen atoms in total. The second-order valence-electron chi connectivity index (χ2n) is 14.8. The van der Waals surface area contributed by atoms with Gasteiger partial charge in [-0.2, -0.15) is 0 Å². The van der Waals surface area contributed by atoms with Gasteiger partial charge in [0.05, 0.1) is 16.7 Å². The first kappa shape index (κ1) is 46.9. The maximum absolute atomic E-state index is 12.9. The van der Waals surface area contributed by atoms with Gasteiger partial charge in [0.15, 0.2) is 0 Å². The van der Waals surface area contributed by atoms with Crippen LogP contribution in [0.4, 0.5) is 0 Å². The maximum Gasteiger partial charge on any atom is 1.00 e. The van der Waals surface area contributed by atoms with Crippen LogP contribution in [0.1, 0.15) is 79.8 Å². The minimum Gasteiger partial charge on any atom is -0.870 e. The molecule has 0 aromatic heterocycles. The Bertz CT molecular complexity index is 2000. The van der Waals surface area contributed by atoms with Gasteiger partial charge in [0.1, 0.15) is 5.76 Å². The monoisotopic (exact) mass is 808 g/mol. The SMILES string of the molecule is CC1=C(c2c(C)ccc(-c3ccc(Cl)cc3)c2C)C(=O)NC1(C)CCCO.Cc1ccc(-c2ccc(Cl)cc2)c(C)c1C1=C(O)C(C)(CCCO)NC1=O.[Na+].[OH-]. The second kappa shape index (κ2) is 19.3. The van der Waals surface area contributed by atoms with Gasteiger partial charge in [-0.3, -0.25) is 9.59 Å². The van der Waals surface area contributed by atoms with Gasteiger partial charge in [-0.1, -0.05) is 71.7 Å². The number of aryl methyl sites for hydroxylation is 2. The summed E-state index contributed by atoms with van der Waals surface area (Å²) in [6.07, 6.45) is 2.35. The Morgan fingerprint density at radius 1 is 0.589 bits per heavy atom. The third-order valence-corrected chi connectivity index (χ3v) is 11.5. The van der Waals surface area contributed by atoms with Crippen LogP contribution in [-0.4, -0.2) is 56.9 Å². The Morgan fingerprint density at radius 3 is 1.39 bits per heavy atom. The molecule has 4 aromatic rings. The topological polar surface area (TPSA) is 149 Å². The molecule has 6 rings (SSSR count). The number of amides is 2.